The molecule has 0 bridgehead atoms. The van der Waals surface area contributed by atoms with Gasteiger partial charge in [-0.25, -0.2) is 0 Å². The van der Waals surface area contributed by atoms with Crippen LogP contribution in [0.1, 0.15) is 206 Å². The number of hydrogen-bond donors (Lipinski definition) is 1. The van der Waals surface area contributed by atoms with Crippen molar-refractivity contribution in [2.24, 2.45) is 0 Å². The highest BCUT2D eigenvalue weighted by Crippen LogP contribution is 2.14. The molecule has 1 atom stereocenters. The first-order valence-electron chi connectivity index (χ1n) is 21.2. The van der Waals surface area contributed by atoms with Crippen LogP contribution in [0.25, 0.3) is 0 Å². The Hall–Kier alpha value is -1.65. The molecule has 4 nitrogen and oxygen atoms in total. The van der Waals surface area contributed by atoms with E-state index in [1.165, 1.54) is 135 Å². The average Bonchev–Trinajstić information content (AvgIpc) is 3.11. The number of allylic oxidation sites excluding steroid dienone is 8. The largest absolute Gasteiger partial charge is 0.457 e. The monoisotopic (exact) mass is 687 g/mol. The minimum Gasteiger partial charge on any atom is -0.457 e. The fraction of sp³-hybridized carbons (Fsp3) is 0.800. The van der Waals surface area contributed by atoms with Crippen LogP contribution in [0, 0.1) is 0 Å². The second kappa shape index (κ2) is 42.5. The van der Waals surface area contributed by atoms with Crippen molar-refractivity contribution in [3.63, 3.8) is 0 Å². The van der Waals surface area contributed by atoms with Crippen molar-refractivity contribution in [2.75, 3.05) is 19.8 Å². The van der Waals surface area contributed by atoms with Crippen LogP contribution in [-0.4, -0.2) is 37.0 Å². The van der Waals surface area contributed by atoms with E-state index >= 15 is 0 Å². The smallest absolute Gasteiger partial charge is 0.306 e. The van der Waals surface area contributed by atoms with Gasteiger partial charge in [0.2, 0.25) is 0 Å². The van der Waals surface area contributed by atoms with Crippen molar-refractivity contribution in [3.05, 3.63) is 48.6 Å². The first kappa shape index (κ1) is 47.4. The van der Waals surface area contributed by atoms with E-state index in [4.69, 9.17) is 9.47 Å². The van der Waals surface area contributed by atoms with Crippen molar-refractivity contribution < 1.29 is 19.4 Å². The Balaban J connectivity index is 3.41. The molecule has 4 heteroatoms. The number of esters is 1. The predicted octanol–water partition coefficient (Wildman–Crippen LogP) is 13.9. The molecule has 0 fully saturated rings. The molecular weight excluding hydrogens is 604 g/mol. The fourth-order valence-corrected chi connectivity index (χ4v) is 5.98. The first-order chi connectivity index (χ1) is 24.2. The van der Waals surface area contributed by atoms with Crippen LogP contribution in [0.3, 0.4) is 0 Å². The average molecular weight is 687 g/mol. The van der Waals surface area contributed by atoms with Crippen molar-refractivity contribution in [3.8, 4) is 0 Å². The molecule has 0 aromatic heterocycles. The highest BCUT2D eigenvalue weighted by atomic mass is 16.6. The molecule has 0 aliphatic rings. The number of ether oxygens (including phenoxy) is 2. The van der Waals surface area contributed by atoms with Gasteiger partial charge in [-0.1, -0.05) is 178 Å². The number of rotatable bonds is 39. The Morgan fingerprint density at radius 1 is 0.510 bits per heavy atom. The molecule has 1 unspecified atom stereocenters. The molecule has 0 heterocycles. The van der Waals surface area contributed by atoms with Crippen molar-refractivity contribution >= 4 is 5.97 Å². The quantitative estimate of drug-likeness (QED) is 0.0397. The maximum atomic E-state index is 12.1. The summed E-state index contributed by atoms with van der Waals surface area (Å²) < 4.78 is 11.1. The van der Waals surface area contributed by atoms with Gasteiger partial charge in [-0.15, -0.1) is 0 Å². The van der Waals surface area contributed by atoms with Crippen LogP contribution in [0.2, 0.25) is 0 Å². The number of carbonyl (C=O) groups is 1. The summed E-state index contributed by atoms with van der Waals surface area (Å²) in [5.41, 5.74) is 0. The molecule has 0 saturated carbocycles. The molecule has 0 radical (unpaired) electrons. The molecule has 0 amide bonds. The third-order valence-corrected chi connectivity index (χ3v) is 9.14. The molecule has 286 valence electrons. The molecule has 1 N–H and O–H groups in total. The standard InChI is InChI=1S/C45H82O4/c1-3-5-7-9-11-13-15-17-18-19-20-21-22-23-24-25-26-27-29-31-33-35-37-39-41-48-43-44(42-46)49-45(47)40-38-36-34-32-30-28-16-14-12-10-8-6-4-2/h6,8,12,14,19-20,28,30,44,46H,3-5,7,9-11,13,15-18,21-27,29,31-43H2,1-2H3/b8-6-,14-12-,20-19-,30-28-. The lowest BCUT2D eigenvalue weighted by atomic mass is 10.0. The lowest BCUT2D eigenvalue weighted by Crippen LogP contribution is -2.27. The second-order valence-corrected chi connectivity index (χ2v) is 14.0. The lowest BCUT2D eigenvalue weighted by Gasteiger charge is -2.15. The number of carbonyl (C=O) groups excluding carboxylic acids is 1. The maximum Gasteiger partial charge on any atom is 0.306 e. The van der Waals surface area contributed by atoms with Gasteiger partial charge in [0.1, 0.15) is 6.10 Å². The molecule has 0 aromatic rings. The van der Waals surface area contributed by atoms with E-state index in [1.54, 1.807) is 0 Å². The summed E-state index contributed by atoms with van der Waals surface area (Å²) in [6.45, 7) is 5.21. The van der Waals surface area contributed by atoms with E-state index in [9.17, 15) is 9.90 Å². The topological polar surface area (TPSA) is 55.8 Å². The van der Waals surface area contributed by atoms with Crippen molar-refractivity contribution in [1.29, 1.82) is 0 Å². The molecular formula is C45H82O4. The van der Waals surface area contributed by atoms with Gasteiger partial charge >= 0.3 is 5.97 Å². The number of aliphatic hydroxyl groups excluding tert-OH is 1. The lowest BCUT2D eigenvalue weighted by molar-refractivity contribution is -0.154. The molecule has 0 aromatic carbocycles. The minimum atomic E-state index is -0.549. The third kappa shape index (κ3) is 40.7. The van der Waals surface area contributed by atoms with E-state index in [2.05, 4.69) is 62.5 Å². The van der Waals surface area contributed by atoms with Crippen LogP contribution in [0.5, 0.6) is 0 Å². The summed E-state index contributed by atoms with van der Waals surface area (Å²) in [7, 11) is 0. The van der Waals surface area contributed by atoms with Gasteiger partial charge in [-0.2, -0.15) is 0 Å². The van der Waals surface area contributed by atoms with Crippen molar-refractivity contribution in [2.45, 2.75) is 213 Å². The Bertz CT molecular complexity index is 768. The number of aliphatic hydroxyl groups is 1. The zero-order chi connectivity index (χ0) is 35.6. The highest BCUT2D eigenvalue weighted by Gasteiger charge is 2.13. The molecule has 0 aliphatic heterocycles. The Kier molecular flexibility index (Phi) is 41.1. The zero-order valence-electron chi connectivity index (χ0n) is 32.7. The van der Waals surface area contributed by atoms with Crippen molar-refractivity contribution in [1.82, 2.24) is 0 Å². The van der Waals surface area contributed by atoms with Crippen LogP contribution in [-0.2, 0) is 14.3 Å². The summed E-state index contributed by atoms with van der Waals surface area (Å²) >= 11 is 0. The van der Waals surface area contributed by atoms with E-state index in [0.717, 1.165) is 51.4 Å². The number of unbranched alkanes of at least 4 members (excludes halogenated alkanes) is 23. The summed E-state index contributed by atoms with van der Waals surface area (Å²) in [5.74, 6) is -0.229. The van der Waals surface area contributed by atoms with Crippen LogP contribution >= 0.6 is 0 Å². The Labute approximate surface area is 305 Å². The van der Waals surface area contributed by atoms with Crippen LogP contribution < -0.4 is 0 Å². The van der Waals surface area contributed by atoms with Gasteiger partial charge in [0.15, 0.2) is 0 Å². The number of hydrogen-bond acceptors (Lipinski definition) is 4. The first-order valence-corrected chi connectivity index (χ1v) is 21.2. The summed E-state index contributed by atoms with van der Waals surface area (Å²) in [5, 5.41) is 9.58. The predicted molar refractivity (Wildman–Crippen MR) is 214 cm³/mol. The molecule has 0 aliphatic carbocycles. The SMILES string of the molecule is CC/C=C\C/C=C\C/C=C\CCCCCC(=O)OC(CO)COCCCCCCCCCCCCCC/C=C\CCCCCCCCCC. The van der Waals surface area contributed by atoms with E-state index in [1.807, 2.05) is 0 Å². The highest BCUT2D eigenvalue weighted by molar-refractivity contribution is 5.69. The molecule has 0 spiro atoms. The van der Waals surface area contributed by atoms with Gasteiger partial charge in [-0.3, -0.25) is 4.79 Å². The fourth-order valence-electron chi connectivity index (χ4n) is 5.98. The van der Waals surface area contributed by atoms with Gasteiger partial charge in [-0.05, 0) is 70.6 Å². The Morgan fingerprint density at radius 2 is 0.918 bits per heavy atom. The Morgan fingerprint density at radius 3 is 1.41 bits per heavy atom. The second-order valence-electron chi connectivity index (χ2n) is 14.0. The summed E-state index contributed by atoms with van der Waals surface area (Å²) in [4.78, 5) is 12.1. The normalized spacial score (nSPS) is 12.8. The van der Waals surface area contributed by atoms with E-state index in [-0.39, 0.29) is 19.2 Å². The molecule has 0 saturated heterocycles. The van der Waals surface area contributed by atoms with Gasteiger partial charge in [0, 0.05) is 13.0 Å². The summed E-state index contributed by atoms with van der Waals surface area (Å²) in [6, 6.07) is 0. The van der Waals surface area contributed by atoms with Gasteiger partial charge in [0.25, 0.3) is 0 Å². The third-order valence-electron chi connectivity index (χ3n) is 9.14. The summed E-state index contributed by atoms with van der Waals surface area (Å²) in [6.07, 6.45) is 54.7. The zero-order valence-corrected chi connectivity index (χ0v) is 32.7. The minimum absolute atomic E-state index is 0.184. The van der Waals surface area contributed by atoms with E-state index < -0.39 is 6.10 Å². The molecule has 0 rings (SSSR count). The van der Waals surface area contributed by atoms with Crippen LogP contribution in [0.15, 0.2) is 48.6 Å². The maximum absolute atomic E-state index is 12.1. The van der Waals surface area contributed by atoms with E-state index in [0.29, 0.717) is 13.0 Å². The van der Waals surface area contributed by atoms with Gasteiger partial charge in [0.05, 0.1) is 13.2 Å². The molecule has 49 heavy (non-hydrogen) atoms. The van der Waals surface area contributed by atoms with Gasteiger partial charge < -0.3 is 14.6 Å². The van der Waals surface area contributed by atoms with Crippen LogP contribution in [0.4, 0.5) is 0 Å².